The Balaban J connectivity index is 2.12. The minimum absolute atomic E-state index is 0.791. The molecule has 1 aliphatic carbocycles. The van der Waals surface area contributed by atoms with Crippen LogP contribution in [0.3, 0.4) is 0 Å². The van der Waals surface area contributed by atoms with Gasteiger partial charge >= 0.3 is 0 Å². The van der Waals surface area contributed by atoms with Gasteiger partial charge in [-0.25, -0.2) is 0 Å². The molecule has 0 N–H and O–H groups in total. The maximum atomic E-state index is 2.32. The molecule has 1 aliphatic rings. The number of rotatable bonds is 4. The van der Waals surface area contributed by atoms with E-state index in [1.807, 2.05) is 0 Å². The molecule has 0 amide bonds. The van der Waals surface area contributed by atoms with Crippen molar-refractivity contribution in [1.82, 2.24) is 0 Å². The molecule has 0 aromatic heterocycles. The van der Waals surface area contributed by atoms with Crippen molar-refractivity contribution >= 4 is 0 Å². The van der Waals surface area contributed by atoms with Crippen molar-refractivity contribution in [2.24, 2.45) is 5.41 Å². The fraction of sp³-hybridized carbons (Fsp3) is 0.800. The summed E-state index contributed by atoms with van der Waals surface area (Å²) < 4.78 is 0. The Morgan fingerprint density at radius 1 is 1.40 bits per heavy atom. The summed E-state index contributed by atoms with van der Waals surface area (Å²) in [6.45, 7) is 4.42. The Hall–Kier alpha value is -0.260. The second-order valence-corrected chi connectivity index (χ2v) is 3.46. The van der Waals surface area contributed by atoms with Gasteiger partial charge in [-0.05, 0) is 38.0 Å². The number of hydrogen-bond donors (Lipinski definition) is 0. The first-order valence-corrected chi connectivity index (χ1v) is 4.44. The van der Waals surface area contributed by atoms with E-state index in [0.717, 1.165) is 5.41 Å². The zero-order valence-corrected chi connectivity index (χ0v) is 7.19. The van der Waals surface area contributed by atoms with Crippen LogP contribution in [0.2, 0.25) is 0 Å². The molecule has 0 atom stereocenters. The molecule has 0 aromatic rings. The van der Waals surface area contributed by atoms with Crippen LogP contribution < -0.4 is 0 Å². The van der Waals surface area contributed by atoms with E-state index in [9.17, 15) is 0 Å². The predicted molar refractivity (Wildman–Crippen MR) is 46.0 cm³/mol. The first-order valence-electron chi connectivity index (χ1n) is 4.44. The molecule has 0 unspecified atom stereocenters. The predicted octanol–water partition coefficient (Wildman–Crippen LogP) is 3.53. The summed E-state index contributed by atoms with van der Waals surface area (Å²) in [5.74, 6) is 0. The fourth-order valence-corrected chi connectivity index (χ4v) is 1.51. The van der Waals surface area contributed by atoms with Gasteiger partial charge in [0.15, 0.2) is 0 Å². The maximum Gasteiger partial charge on any atom is -0.0297 e. The van der Waals surface area contributed by atoms with Crippen LogP contribution in [0.4, 0.5) is 0 Å². The average Bonchev–Trinajstić information content (AvgIpc) is 2.70. The molecule has 0 aliphatic heterocycles. The highest BCUT2D eigenvalue weighted by molar-refractivity contribution is 4.93. The van der Waals surface area contributed by atoms with Crippen molar-refractivity contribution < 1.29 is 0 Å². The SMILES string of the molecule is CC=CCCC1(CC)CC1. The minimum atomic E-state index is 0.791. The Morgan fingerprint density at radius 2 is 2.10 bits per heavy atom. The van der Waals surface area contributed by atoms with Crippen LogP contribution in [0.15, 0.2) is 12.2 Å². The standard InChI is InChI=1S/C10H18/c1-3-5-6-7-10(4-2)8-9-10/h3,5H,4,6-9H2,1-2H3. The van der Waals surface area contributed by atoms with Crippen molar-refractivity contribution in [1.29, 1.82) is 0 Å². The van der Waals surface area contributed by atoms with Crippen molar-refractivity contribution in [3.05, 3.63) is 12.2 Å². The monoisotopic (exact) mass is 138 g/mol. The summed E-state index contributed by atoms with van der Waals surface area (Å²) in [6.07, 6.45) is 11.5. The summed E-state index contributed by atoms with van der Waals surface area (Å²) in [5, 5.41) is 0. The Labute approximate surface area is 64.3 Å². The van der Waals surface area contributed by atoms with Gasteiger partial charge in [-0.2, -0.15) is 0 Å². The number of allylic oxidation sites excluding steroid dienone is 2. The molecule has 58 valence electrons. The van der Waals surface area contributed by atoms with E-state index < -0.39 is 0 Å². The van der Waals surface area contributed by atoms with Crippen LogP contribution in [0, 0.1) is 5.41 Å². The molecule has 0 nitrogen and oxygen atoms in total. The van der Waals surface area contributed by atoms with E-state index in [2.05, 4.69) is 26.0 Å². The van der Waals surface area contributed by atoms with Crippen LogP contribution in [0.5, 0.6) is 0 Å². The highest BCUT2D eigenvalue weighted by Gasteiger charge is 2.39. The first-order chi connectivity index (χ1) is 4.83. The van der Waals surface area contributed by atoms with Gasteiger partial charge in [0.25, 0.3) is 0 Å². The lowest BCUT2D eigenvalue weighted by Crippen LogP contribution is -1.95. The topological polar surface area (TPSA) is 0 Å². The highest BCUT2D eigenvalue weighted by Crippen LogP contribution is 2.52. The van der Waals surface area contributed by atoms with Crippen LogP contribution in [-0.2, 0) is 0 Å². The zero-order chi connectivity index (χ0) is 7.45. The molecule has 0 radical (unpaired) electrons. The summed E-state index contributed by atoms with van der Waals surface area (Å²) in [4.78, 5) is 0. The molecule has 1 fully saturated rings. The zero-order valence-electron chi connectivity index (χ0n) is 7.19. The molecule has 0 saturated heterocycles. The lowest BCUT2D eigenvalue weighted by atomic mass is 9.97. The van der Waals surface area contributed by atoms with Crippen LogP contribution in [-0.4, -0.2) is 0 Å². The molecule has 0 bridgehead atoms. The fourth-order valence-electron chi connectivity index (χ4n) is 1.51. The van der Waals surface area contributed by atoms with Crippen molar-refractivity contribution in [2.45, 2.75) is 46.0 Å². The second kappa shape index (κ2) is 3.23. The Bertz CT molecular complexity index is 118. The van der Waals surface area contributed by atoms with E-state index in [-0.39, 0.29) is 0 Å². The summed E-state index contributed by atoms with van der Waals surface area (Å²) in [6, 6.07) is 0. The molecule has 1 saturated carbocycles. The lowest BCUT2D eigenvalue weighted by Gasteiger charge is -2.08. The van der Waals surface area contributed by atoms with Gasteiger partial charge in [-0.1, -0.05) is 25.5 Å². The van der Waals surface area contributed by atoms with Crippen LogP contribution in [0.1, 0.15) is 46.0 Å². The van der Waals surface area contributed by atoms with Gasteiger partial charge in [0.05, 0.1) is 0 Å². The minimum Gasteiger partial charge on any atom is -0.0917 e. The maximum absolute atomic E-state index is 2.32. The smallest absolute Gasteiger partial charge is 0.0297 e. The lowest BCUT2D eigenvalue weighted by molar-refractivity contribution is 0.454. The molecule has 0 aromatic carbocycles. The second-order valence-electron chi connectivity index (χ2n) is 3.46. The quantitative estimate of drug-likeness (QED) is 0.521. The molecule has 0 heterocycles. The van der Waals surface area contributed by atoms with Gasteiger partial charge < -0.3 is 0 Å². The van der Waals surface area contributed by atoms with Gasteiger partial charge in [-0.3, -0.25) is 0 Å². The first kappa shape index (κ1) is 7.84. The summed E-state index contributed by atoms with van der Waals surface area (Å²) in [7, 11) is 0. The van der Waals surface area contributed by atoms with Crippen molar-refractivity contribution in [2.75, 3.05) is 0 Å². The molecular weight excluding hydrogens is 120 g/mol. The molecular formula is C10H18. The van der Waals surface area contributed by atoms with E-state index in [0.29, 0.717) is 0 Å². The van der Waals surface area contributed by atoms with Crippen molar-refractivity contribution in [3.63, 3.8) is 0 Å². The average molecular weight is 138 g/mol. The molecule has 10 heavy (non-hydrogen) atoms. The van der Waals surface area contributed by atoms with Crippen LogP contribution >= 0.6 is 0 Å². The van der Waals surface area contributed by atoms with Gasteiger partial charge in [0, 0.05) is 0 Å². The van der Waals surface area contributed by atoms with Gasteiger partial charge in [0.2, 0.25) is 0 Å². The highest BCUT2D eigenvalue weighted by atomic mass is 14.4. The third kappa shape index (κ3) is 1.86. The summed E-state index contributed by atoms with van der Waals surface area (Å²) in [5.41, 5.74) is 0.791. The molecule has 1 rings (SSSR count). The van der Waals surface area contributed by atoms with Crippen molar-refractivity contribution in [3.8, 4) is 0 Å². The van der Waals surface area contributed by atoms with E-state index in [1.54, 1.807) is 0 Å². The Morgan fingerprint density at radius 3 is 2.50 bits per heavy atom. The third-order valence-electron chi connectivity index (χ3n) is 2.78. The number of hydrogen-bond acceptors (Lipinski definition) is 0. The van der Waals surface area contributed by atoms with Gasteiger partial charge in [-0.15, -0.1) is 0 Å². The normalized spacial score (nSPS) is 21.8. The van der Waals surface area contributed by atoms with Crippen LogP contribution in [0.25, 0.3) is 0 Å². The summed E-state index contributed by atoms with van der Waals surface area (Å²) >= 11 is 0. The largest absolute Gasteiger partial charge is 0.0917 e. The van der Waals surface area contributed by atoms with E-state index >= 15 is 0 Å². The molecule has 0 heteroatoms. The Kier molecular flexibility index (Phi) is 2.53. The van der Waals surface area contributed by atoms with Gasteiger partial charge in [0.1, 0.15) is 0 Å². The van der Waals surface area contributed by atoms with E-state index in [1.165, 1.54) is 32.1 Å². The molecule has 0 spiro atoms. The van der Waals surface area contributed by atoms with E-state index in [4.69, 9.17) is 0 Å². The third-order valence-corrected chi connectivity index (χ3v) is 2.78.